The third kappa shape index (κ3) is 2.96. The van der Waals surface area contributed by atoms with Crippen molar-refractivity contribution < 1.29 is 0 Å². The van der Waals surface area contributed by atoms with Crippen molar-refractivity contribution in [2.24, 2.45) is 13.0 Å². The van der Waals surface area contributed by atoms with Crippen molar-refractivity contribution >= 4 is 5.82 Å². The van der Waals surface area contributed by atoms with Gasteiger partial charge in [-0.3, -0.25) is 0 Å². The number of piperidine rings is 1. The molecule has 5 heteroatoms. The van der Waals surface area contributed by atoms with E-state index in [9.17, 15) is 0 Å². The number of pyridine rings is 1. The third-order valence-corrected chi connectivity index (χ3v) is 4.52. The van der Waals surface area contributed by atoms with Gasteiger partial charge < -0.3 is 9.47 Å². The minimum Gasteiger partial charge on any atom is -0.357 e. The van der Waals surface area contributed by atoms with Crippen molar-refractivity contribution in [1.82, 2.24) is 14.5 Å². The van der Waals surface area contributed by atoms with Gasteiger partial charge in [-0.05, 0) is 37.3 Å². The van der Waals surface area contributed by atoms with E-state index in [-0.39, 0.29) is 0 Å². The lowest BCUT2D eigenvalue weighted by molar-refractivity contribution is 0.392. The molecule has 2 aromatic heterocycles. The molecule has 1 aliphatic rings. The number of imidazole rings is 1. The minimum absolute atomic E-state index is 0.535. The van der Waals surface area contributed by atoms with Crippen molar-refractivity contribution in [1.29, 1.82) is 5.26 Å². The van der Waals surface area contributed by atoms with Gasteiger partial charge in [0.2, 0.25) is 0 Å². The fraction of sp³-hybridized carbons (Fsp3) is 0.471. The molecule has 0 aromatic carbocycles. The standard InChI is InChI=1S/C17H21N5/c1-13-3-4-16(20-15(13)12-18)22-8-5-14(6-9-22)11-17-19-7-10-21(17)2/h3-4,7,10,14H,5-6,8-9,11H2,1-2H3. The van der Waals surface area contributed by atoms with E-state index in [2.05, 4.69) is 32.6 Å². The zero-order valence-electron chi connectivity index (χ0n) is 13.2. The highest BCUT2D eigenvalue weighted by atomic mass is 15.2. The second kappa shape index (κ2) is 6.18. The number of anilines is 1. The van der Waals surface area contributed by atoms with Gasteiger partial charge in [-0.25, -0.2) is 9.97 Å². The first-order valence-electron chi connectivity index (χ1n) is 7.76. The van der Waals surface area contributed by atoms with Crippen molar-refractivity contribution in [2.45, 2.75) is 26.2 Å². The lowest BCUT2D eigenvalue weighted by Crippen LogP contribution is -2.35. The highest BCUT2D eigenvalue weighted by Crippen LogP contribution is 2.24. The zero-order valence-corrected chi connectivity index (χ0v) is 13.2. The van der Waals surface area contributed by atoms with Gasteiger partial charge in [0.15, 0.2) is 0 Å². The van der Waals surface area contributed by atoms with Crippen molar-refractivity contribution in [3.05, 3.63) is 41.6 Å². The number of aromatic nitrogens is 3. The van der Waals surface area contributed by atoms with Gasteiger partial charge in [0.25, 0.3) is 0 Å². The van der Waals surface area contributed by atoms with Crippen LogP contribution in [0.2, 0.25) is 0 Å². The van der Waals surface area contributed by atoms with Crippen LogP contribution in [0.25, 0.3) is 0 Å². The van der Waals surface area contributed by atoms with E-state index in [1.54, 1.807) is 0 Å². The van der Waals surface area contributed by atoms with Gasteiger partial charge in [-0.15, -0.1) is 0 Å². The molecule has 0 bridgehead atoms. The SMILES string of the molecule is Cc1ccc(N2CCC(Cc3nccn3C)CC2)nc1C#N. The van der Waals surface area contributed by atoms with Gasteiger partial charge in [-0.1, -0.05) is 6.07 Å². The van der Waals surface area contributed by atoms with Crippen LogP contribution in [0.1, 0.15) is 29.9 Å². The average molecular weight is 295 g/mol. The number of nitriles is 1. The van der Waals surface area contributed by atoms with E-state index in [1.165, 1.54) is 5.82 Å². The lowest BCUT2D eigenvalue weighted by atomic mass is 9.93. The van der Waals surface area contributed by atoms with Crippen LogP contribution in [-0.2, 0) is 13.5 Å². The average Bonchev–Trinajstić information content (AvgIpc) is 2.94. The number of nitrogens with zero attached hydrogens (tertiary/aromatic N) is 5. The molecule has 1 fully saturated rings. The first-order chi connectivity index (χ1) is 10.7. The van der Waals surface area contributed by atoms with Crippen LogP contribution >= 0.6 is 0 Å². The summed E-state index contributed by atoms with van der Waals surface area (Å²) in [5.74, 6) is 2.77. The Morgan fingerprint density at radius 2 is 2.09 bits per heavy atom. The zero-order chi connectivity index (χ0) is 15.5. The van der Waals surface area contributed by atoms with Crippen molar-refractivity contribution in [3.8, 4) is 6.07 Å². The normalized spacial score (nSPS) is 15.8. The molecule has 0 spiro atoms. The highest BCUT2D eigenvalue weighted by molar-refractivity contribution is 5.45. The Morgan fingerprint density at radius 1 is 1.32 bits per heavy atom. The molecule has 22 heavy (non-hydrogen) atoms. The predicted octanol–water partition coefficient (Wildman–Crippen LogP) is 2.45. The predicted molar refractivity (Wildman–Crippen MR) is 85.5 cm³/mol. The van der Waals surface area contributed by atoms with Gasteiger partial charge in [0.1, 0.15) is 23.4 Å². The summed E-state index contributed by atoms with van der Waals surface area (Å²) in [7, 11) is 2.05. The lowest BCUT2D eigenvalue weighted by Gasteiger charge is -2.32. The molecule has 0 atom stereocenters. The molecule has 0 radical (unpaired) electrons. The van der Waals surface area contributed by atoms with Crippen LogP contribution in [0, 0.1) is 24.2 Å². The third-order valence-electron chi connectivity index (χ3n) is 4.52. The first kappa shape index (κ1) is 14.6. The molecule has 3 rings (SSSR count). The van der Waals surface area contributed by atoms with Crippen LogP contribution in [-0.4, -0.2) is 27.6 Å². The molecular formula is C17H21N5. The van der Waals surface area contributed by atoms with Crippen LogP contribution in [0.15, 0.2) is 24.5 Å². The molecule has 2 aromatic rings. The topological polar surface area (TPSA) is 57.7 Å². The fourth-order valence-electron chi connectivity index (χ4n) is 3.03. The second-order valence-corrected chi connectivity index (χ2v) is 6.04. The van der Waals surface area contributed by atoms with E-state index in [0.29, 0.717) is 11.6 Å². The van der Waals surface area contributed by atoms with Gasteiger partial charge in [0, 0.05) is 39.0 Å². The first-order valence-corrected chi connectivity index (χ1v) is 7.76. The molecule has 3 heterocycles. The van der Waals surface area contributed by atoms with Crippen LogP contribution < -0.4 is 4.90 Å². The number of rotatable bonds is 3. The van der Waals surface area contributed by atoms with Crippen molar-refractivity contribution in [2.75, 3.05) is 18.0 Å². The molecule has 0 unspecified atom stereocenters. The summed E-state index contributed by atoms with van der Waals surface area (Å²) in [6.45, 7) is 3.92. The van der Waals surface area contributed by atoms with Crippen LogP contribution in [0.3, 0.4) is 0 Å². The highest BCUT2D eigenvalue weighted by Gasteiger charge is 2.22. The Balaban J connectivity index is 1.62. The smallest absolute Gasteiger partial charge is 0.145 e. The summed E-state index contributed by atoms with van der Waals surface area (Å²) >= 11 is 0. The second-order valence-electron chi connectivity index (χ2n) is 6.04. The Kier molecular flexibility index (Phi) is 4.10. The van der Waals surface area contributed by atoms with E-state index < -0.39 is 0 Å². The van der Waals surface area contributed by atoms with Crippen LogP contribution in [0.4, 0.5) is 5.82 Å². The molecule has 5 nitrogen and oxygen atoms in total. The minimum atomic E-state index is 0.535. The van der Waals surface area contributed by atoms with Crippen molar-refractivity contribution in [3.63, 3.8) is 0 Å². The summed E-state index contributed by atoms with van der Waals surface area (Å²) in [6.07, 6.45) is 7.20. The summed E-state index contributed by atoms with van der Waals surface area (Å²) in [6, 6.07) is 6.18. The number of hydrogen-bond donors (Lipinski definition) is 0. The quantitative estimate of drug-likeness (QED) is 0.872. The maximum Gasteiger partial charge on any atom is 0.145 e. The summed E-state index contributed by atoms with van der Waals surface area (Å²) < 4.78 is 2.10. The van der Waals surface area contributed by atoms with E-state index in [4.69, 9.17) is 5.26 Å². The Labute approximate surface area is 131 Å². The summed E-state index contributed by atoms with van der Waals surface area (Å²) in [5.41, 5.74) is 1.48. The van der Waals surface area contributed by atoms with Gasteiger partial charge in [0.05, 0.1) is 0 Å². The molecule has 114 valence electrons. The molecule has 0 saturated carbocycles. The fourth-order valence-corrected chi connectivity index (χ4v) is 3.03. The Morgan fingerprint density at radius 3 is 2.73 bits per heavy atom. The van der Waals surface area contributed by atoms with Crippen LogP contribution in [0.5, 0.6) is 0 Å². The molecular weight excluding hydrogens is 274 g/mol. The summed E-state index contributed by atoms with van der Waals surface area (Å²) in [5, 5.41) is 9.11. The monoisotopic (exact) mass is 295 g/mol. The van der Waals surface area contributed by atoms with E-state index in [0.717, 1.165) is 43.7 Å². The Bertz CT molecular complexity index is 689. The molecule has 0 aliphatic carbocycles. The maximum absolute atomic E-state index is 9.11. The van der Waals surface area contributed by atoms with E-state index in [1.807, 2.05) is 31.5 Å². The molecule has 1 aliphatic heterocycles. The van der Waals surface area contributed by atoms with E-state index >= 15 is 0 Å². The van der Waals surface area contributed by atoms with Gasteiger partial charge in [-0.2, -0.15) is 5.26 Å². The van der Waals surface area contributed by atoms with Gasteiger partial charge >= 0.3 is 0 Å². The molecule has 0 amide bonds. The number of hydrogen-bond acceptors (Lipinski definition) is 4. The maximum atomic E-state index is 9.11. The number of aryl methyl sites for hydroxylation is 2. The largest absolute Gasteiger partial charge is 0.357 e. The summed E-state index contributed by atoms with van der Waals surface area (Å²) in [4.78, 5) is 11.2. The molecule has 1 saturated heterocycles. The molecule has 0 N–H and O–H groups in total. The Hall–Kier alpha value is -2.35.